The van der Waals surface area contributed by atoms with Crippen molar-refractivity contribution in [2.24, 2.45) is 0 Å². The molecular weight excluding hydrogens is 274 g/mol. The first-order chi connectivity index (χ1) is 5.93. The van der Waals surface area contributed by atoms with Crippen LogP contribution in [0.3, 0.4) is 0 Å². The van der Waals surface area contributed by atoms with Gasteiger partial charge >= 0.3 is 0 Å². The van der Waals surface area contributed by atoms with E-state index in [1.165, 1.54) is 0 Å². The summed E-state index contributed by atoms with van der Waals surface area (Å²) in [6.45, 7) is 0. The highest BCUT2D eigenvalue weighted by Gasteiger charge is 2.24. The van der Waals surface area contributed by atoms with Crippen LogP contribution in [0, 0.1) is 22.7 Å². The van der Waals surface area contributed by atoms with Crippen molar-refractivity contribution < 1.29 is 0 Å². The summed E-state index contributed by atoms with van der Waals surface area (Å²) in [5.74, 6) is 0.0450. The van der Waals surface area contributed by atoms with E-state index in [9.17, 15) is 0 Å². The maximum atomic E-state index is 8.42. The van der Waals surface area contributed by atoms with E-state index in [0.717, 1.165) is 11.8 Å². The lowest BCUT2D eigenvalue weighted by molar-refractivity contribution is 1.15. The van der Waals surface area contributed by atoms with Crippen molar-refractivity contribution >= 4 is 58.2 Å². The summed E-state index contributed by atoms with van der Waals surface area (Å²) in [4.78, 5) is 0. The van der Waals surface area contributed by atoms with Gasteiger partial charge in [0, 0.05) is 5.75 Å². The molecule has 0 saturated heterocycles. The van der Waals surface area contributed by atoms with Crippen molar-refractivity contribution in [1.29, 1.82) is 10.5 Å². The molecule has 0 N–H and O–H groups in total. The highest BCUT2D eigenvalue weighted by molar-refractivity contribution is 8.04. The van der Waals surface area contributed by atoms with Crippen molar-refractivity contribution in [3.63, 3.8) is 0 Å². The Morgan fingerprint density at radius 3 is 2.23 bits per heavy atom. The molecule has 0 spiro atoms. The molecule has 0 aliphatic heterocycles. The van der Waals surface area contributed by atoms with Gasteiger partial charge in [-0.3, -0.25) is 0 Å². The van der Waals surface area contributed by atoms with Crippen molar-refractivity contribution in [2.45, 2.75) is 4.33 Å². The number of allylic oxidation sites excluding steroid dienone is 1. The minimum atomic E-state index is -1.52. The zero-order valence-corrected chi connectivity index (χ0v) is 9.86. The molecule has 70 valence electrons. The smallest absolute Gasteiger partial charge is 0.195 e. The predicted octanol–water partition coefficient (Wildman–Crippen LogP) is 3.59. The lowest BCUT2D eigenvalue weighted by Gasteiger charge is -2.07. The van der Waals surface area contributed by atoms with Crippen LogP contribution in [0.15, 0.2) is 9.40 Å². The maximum absolute atomic E-state index is 8.42. The number of nitriles is 2. The van der Waals surface area contributed by atoms with Crippen LogP contribution in [0.4, 0.5) is 0 Å². The van der Waals surface area contributed by atoms with Gasteiger partial charge in [-0.15, -0.1) is 11.8 Å². The zero-order valence-electron chi connectivity index (χ0n) is 6.02. The average Bonchev–Trinajstić information content (AvgIpc) is 2.13. The molecule has 0 aromatic rings. The van der Waals surface area contributed by atoms with Crippen LogP contribution in [0.1, 0.15) is 0 Å². The van der Waals surface area contributed by atoms with Crippen LogP contribution in [-0.4, -0.2) is 10.1 Å². The third-order valence-electron chi connectivity index (χ3n) is 0.814. The molecule has 0 radical (unpaired) electrons. The normalized spacial score (nSPS) is 12.8. The Hall–Kier alpha value is 0.230. The van der Waals surface area contributed by atoms with Gasteiger partial charge in [0.05, 0.1) is 0 Å². The molecule has 2 nitrogen and oxygen atoms in total. The molecule has 0 aromatic heterocycles. The first-order valence-electron chi connectivity index (χ1n) is 2.80. The molecule has 0 aliphatic rings. The molecule has 0 heterocycles. The van der Waals surface area contributed by atoms with Gasteiger partial charge < -0.3 is 0 Å². The minimum Gasteiger partial charge on any atom is -0.195 e. The number of alkyl halides is 2. The fourth-order valence-corrected chi connectivity index (χ4v) is 1.54. The van der Waals surface area contributed by atoms with Crippen molar-refractivity contribution in [3.05, 3.63) is 9.40 Å². The Balaban J connectivity index is 4.23. The van der Waals surface area contributed by atoms with E-state index in [-0.39, 0.29) is 15.1 Å². The number of thioether (sulfide) groups is 1. The highest BCUT2D eigenvalue weighted by atomic mass is 35.5. The maximum Gasteiger partial charge on any atom is 0.212 e. The van der Waals surface area contributed by atoms with E-state index in [4.69, 9.17) is 56.9 Å². The Kier molecular flexibility index (Phi) is 5.96. The van der Waals surface area contributed by atoms with Gasteiger partial charge in [-0.25, -0.2) is 0 Å². The molecule has 0 rings (SSSR count). The average molecular weight is 276 g/mol. The topological polar surface area (TPSA) is 47.6 Å². The number of hydrogen-bond acceptors (Lipinski definition) is 3. The molecule has 7 heteroatoms. The molecule has 0 bridgehead atoms. The lowest BCUT2D eigenvalue weighted by Crippen LogP contribution is -2.12. The molecule has 13 heavy (non-hydrogen) atoms. The molecule has 0 aliphatic carbocycles. The lowest BCUT2D eigenvalue weighted by atomic mass is 10.5. The largest absolute Gasteiger partial charge is 0.212 e. The molecule has 0 fully saturated rings. The van der Waals surface area contributed by atoms with Crippen LogP contribution >= 0.6 is 58.2 Å². The number of hydrogen-bond donors (Lipinski definition) is 0. The van der Waals surface area contributed by atoms with Gasteiger partial charge in [-0.1, -0.05) is 46.4 Å². The first kappa shape index (κ1) is 13.2. The minimum absolute atomic E-state index is 0.0450. The number of rotatable bonds is 3. The summed E-state index contributed by atoms with van der Waals surface area (Å²) in [6, 6.07) is 3.30. The van der Waals surface area contributed by atoms with E-state index in [1.807, 2.05) is 0 Å². The van der Waals surface area contributed by atoms with Gasteiger partial charge in [0.15, 0.2) is 0 Å². The highest BCUT2D eigenvalue weighted by Crippen LogP contribution is 2.33. The van der Waals surface area contributed by atoms with E-state index in [2.05, 4.69) is 0 Å². The predicted molar refractivity (Wildman–Crippen MR) is 56.9 cm³/mol. The van der Waals surface area contributed by atoms with Gasteiger partial charge in [0.2, 0.25) is 4.33 Å². The quantitative estimate of drug-likeness (QED) is 0.584. The second-order valence-electron chi connectivity index (χ2n) is 1.80. The fraction of sp³-hybridized carbons (Fsp3) is 0.333. The zero-order chi connectivity index (χ0) is 10.5. The number of halogens is 4. The van der Waals surface area contributed by atoms with Crippen LogP contribution in [0.25, 0.3) is 0 Å². The van der Waals surface area contributed by atoms with Gasteiger partial charge in [0.1, 0.15) is 21.5 Å². The second-order valence-corrected chi connectivity index (χ2v) is 5.25. The van der Waals surface area contributed by atoms with Gasteiger partial charge in [-0.2, -0.15) is 10.5 Å². The van der Waals surface area contributed by atoms with E-state index < -0.39 is 4.33 Å². The van der Waals surface area contributed by atoms with Crippen molar-refractivity contribution in [3.8, 4) is 12.1 Å². The van der Waals surface area contributed by atoms with Crippen molar-refractivity contribution in [1.82, 2.24) is 0 Å². The first-order valence-corrected chi connectivity index (χ1v) is 5.30. The Morgan fingerprint density at radius 1 is 1.31 bits per heavy atom. The number of nitrogens with zero attached hydrogens (tertiary/aromatic N) is 2. The van der Waals surface area contributed by atoms with Gasteiger partial charge in [0.25, 0.3) is 0 Å². The molecule has 0 unspecified atom stereocenters. The van der Waals surface area contributed by atoms with E-state index in [1.54, 1.807) is 12.1 Å². The van der Waals surface area contributed by atoms with Crippen molar-refractivity contribution in [2.75, 3.05) is 5.75 Å². The fourth-order valence-electron chi connectivity index (χ4n) is 0.294. The third-order valence-corrected chi connectivity index (χ3v) is 3.60. The van der Waals surface area contributed by atoms with Crippen LogP contribution in [0.2, 0.25) is 0 Å². The Bertz CT molecular complexity index is 299. The molecule has 0 amide bonds. The van der Waals surface area contributed by atoms with Crippen LogP contribution in [0.5, 0.6) is 0 Å². The van der Waals surface area contributed by atoms with Crippen LogP contribution in [-0.2, 0) is 0 Å². The molecular formula is C6H2Cl4N2S. The summed E-state index contributed by atoms with van der Waals surface area (Å²) in [5.41, 5.74) is 0. The Labute approximate surface area is 100.0 Å². The molecule has 0 atom stereocenters. The summed E-state index contributed by atoms with van der Waals surface area (Å²) in [6.07, 6.45) is 0. The van der Waals surface area contributed by atoms with Gasteiger partial charge in [-0.05, 0) is 0 Å². The third kappa shape index (κ3) is 5.52. The summed E-state index contributed by atoms with van der Waals surface area (Å²) in [5, 5.41) is 16.6. The summed E-state index contributed by atoms with van der Waals surface area (Å²) >= 11 is 22.9. The summed E-state index contributed by atoms with van der Waals surface area (Å²) in [7, 11) is 0. The Morgan fingerprint density at radius 2 is 1.85 bits per heavy atom. The summed E-state index contributed by atoms with van der Waals surface area (Å²) < 4.78 is -1.44. The standard InChI is InChI=1S/C6H2Cl4N2S/c7-4(1-11)5(8)13-3-6(9,10)2-12/h3H2. The second kappa shape index (κ2) is 5.86. The van der Waals surface area contributed by atoms with E-state index in [0.29, 0.717) is 0 Å². The van der Waals surface area contributed by atoms with Crippen LogP contribution < -0.4 is 0 Å². The van der Waals surface area contributed by atoms with E-state index >= 15 is 0 Å². The monoisotopic (exact) mass is 274 g/mol. The SMILES string of the molecule is N#CC(Cl)=C(Cl)SCC(Cl)(Cl)C#N. The molecule has 0 aromatic carbocycles. The molecule has 0 saturated carbocycles.